The summed E-state index contributed by atoms with van der Waals surface area (Å²) in [7, 11) is 0. The van der Waals surface area contributed by atoms with Crippen LogP contribution in [0.25, 0.3) is 0 Å². The van der Waals surface area contributed by atoms with Gasteiger partial charge in [0.25, 0.3) is 0 Å². The second-order valence-corrected chi connectivity index (χ2v) is 7.11. The first kappa shape index (κ1) is 22.4. The lowest BCUT2D eigenvalue weighted by atomic mass is 10.1. The first-order valence-electron chi connectivity index (χ1n) is 9.95. The van der Waals surface area contributed by atoms with E-state index in [9.17, 15) is 14.4 Å². The molecule has 0 aromatic heterocycles. The highest BCUT2D eigenvalue weighted by Gasteiger charge is 2.17. The third kappa shape index (κ3) is 5.46. The van der Waals surface area contributed by atoms with Crippen molar-refractivity contribution in [2.75, 3.05) is 5.32 Å². The Kier molecular flexibility index (Phi) is 7.13. The highest BCUT2D eigenvalue weighted by Crippen LogP contribution is 2.21. The molecule has 0 aliphatic carbocycles. The highest BCUT2D eigenvalue weighted by molar-refractivity contribution is 6.39. The molecule has 0 saturated carbocycles. The summed E-state index contributed by atoms with van der Waals surface area (Å²) in [4.78, 5) is 36.9. The zero-order chi connectivity index (χ0) is 23.1. The van der Waals surface area contributed by atoms with Gasteiger partial charge in [-0.3, -0.25) is 9.59 Å². The molecule has 3 rings (SSSR count). The molecule has 0 atom stereocenters. The number of ether oxygens (including phenoxy) is 1. The Hall–Kier alpha value is -4.26. The summed E-state index contributed by atoms with van der Waals surface area (Å²) >= 11 is 0. The number of hydrogen-bond acceptors (Lipinski definition) is 5. The second-order valence-electron chi connectivity index (χ2n) is 7.11. The molecule has 2 amide bonds. The highest BCUT2D eigenvalue weighted by atomic mass is 16.5. The van der Waals surface area contributed by atoms with Gasteiger partial charge in [-0.15, -0.1) is 0 Å². The minimum absolute atomic E-state index is 0.289. The summed E-state index contributed by atoms with van der Waals surface area (Å²) in [6.45, 7) is 5.33. The Morgan fingerprint density at radius 3 is 2.09 bits per heavy atom. The van der Waals surface area contributed by atoms with Gasteiger partial charge in [0.2, 0.25) is 0 Å². The molecular formula is C25H23N3O4. The van der Waals surface area contributed by atoms with Crippen LogP contribution in [0.15, 0.2) is 77.9 Å². The number of hydrazone groups is 1. The minimum Gasteiger partial charge on any atom is -0.422 e. The van der Waals surface area contributed by atoms with Gasteiger partial charge in [0.05, 0.1) is 11.3 Å². The predicted octanol–water partition coefficient (Wildman–Crippen LogP) is 4.00. The monoisotopic (exact) mass is 429 g/mol. The molecule has 0 aliphatic rings. The molecule has 0 radical (unpaired) electrons. The number of nitrogens with zero attached hydrogens (tertiary/aromatic N) is 1. The predicted molar refractivity (Wildman–Crippen MR) is 123 cm³/mol. The van der Waals surface area contributed by atoms with Crippen LogP contribution in [0.5, 0.6) is 5.75 Å². The van der Waals surface area contributed by atoms with Gasteiger partial charge in [-0.1, -0.05) is 48.5 Å². The number of amides is 2. The van der Waals surface area contributed by atoms with E-state index in [4.69, 9.17) is 4.74 Å². The molecular weight excluding hydrogens is 406 g/mol. The van der Waals surface area contributed by atoms with Gasteiger partial charge in [-0.25, -0.2) is 10.2 Å². The maximum atomic E-state index is 12.4. The van der Waals surface area contributed by atoms with Gasteiger partial charge in [0, 0.05) is 11.3 Å². The SMILES string of the molecule is CC(=NNC(=O)C(=O)Nc1c(C)cccc1C)c1ccccc1OC(=O)c1ccccc1. The van der Waals surface area contributed by atoms with E-state index < -0.39 is 17.8 Å². The fraction of sp³-hybridized carbons (Fsp3) is 0.120. The van der Waals surface area contributed by atoms with Crippen LogP contribution in [0.3, 0.4) is 0 Å². The first-order chi connectivity index (χ1) is 15.4. The summed E-state index contributed by atoms with van der Waals surface area (Å²) in [5.41, 5.74) is 5.82. The molecule has 3 aromatic carbocycles. The largest absolute Gasteiger partial charge is 0.422 e. The van der Waals surface area contributed by atoms with Crippen LogP contribution in [0.1, 0.15) is 34.0 Å². The number of benzene rings is 3. The van der Waals surface area contributed by atoms with Crippen LogP contribution >= 0.6 is 0 Å². The van der Waals surface area contributed by atoms with Gasteiger partial charge in [0.15, 0.2) is 0 Å². The van der Waals surface area contributed by atoms with Crippen LogP contribution in [0.2, 0.25) is 0 Å². The Balaban J connectivity index is 1.70. The zero-order valence-corrected chi connectivity index (χ0v) is 18.0. The van der Waals surface area contributed by atoms with Gasteiger partial charge in [0.1, 0.15) is 5.75 Å². The number of esters is 1. The summed E-state index contributed by atoms with van der Waals surface area (Å²) < 4.78 is 5.50. The van der Waals surface area contributed by atoms with Crippen molar-refractivity contribution in [1.82, 2.24) is 5.43 Å². The average Bonchev–Trinajstić information content (AvgIpc) is 2.80. The third-order valence-corrected chi connectivity index (χ3v) is 4.74. The van der Waals surface area contributed by atoms with Gasteiger partial charge in [-0.05, 0) is 56.2 Å². The van der Waals surface area contributed by atoms with Crippen molar-refractivity contribution in [3.05, 3.63) is 95.1 Å². The summed E-state index contributed by atoms with van der Waals surface area (Å²) in [5.74, 6) is -1.96. The maximum Gasteiger partial charge on any atom is 0.343 e. The first-order valence-corrected chi connectivity index (χ1v) is 9.95. The molecule has 7 nitrogen and oxygen atoms in total. The lowest BCUT2D eigenvalue weighted by molar-refractivity contribution is -0.136. The lowest BCUT2D eigenvalue weighted by Crippen LogP contribution is -2.33. The van der Waals surface area contributed by atoms with Crippen LogP contribution in [-0.4, -0.2) is 23.5 Å². The second kappa shape index (κ2) is 10.2. The lowest BCUT2D eigenvalue weighted by Gasteiger charge is -2.11. The van der Waals surface area contributed by atoms with Crippen molar-refractivity contribution < 1.29 is 19.1 Å². The van der Waals surface area contributed by atoms with Crippen molar-refractivity contribution >= 4 is 29.2 Å². The molecule has 0 fully saturated rings. The molecule has 3 aromatic rings. The Morgan fingerprint density at radius 2 is 1.41 bits per heavy atom. The van der Waals surface area contributed by atoms with E-state index in [-0.39, 0.29) is 5.75 Å². The maximum absolute atomic E-state index is 12.4. The summed E-state index contributed by atoms with van der Waals surface area (Å²) in [6, 6.07) is 21.0. The standard InChI is InChI=1S/C25H23N3O4/c1-16-10-9-11-17(2)22(16)26-23(29)24(30)28-27-18(3)20-14-7-8-15-21(20)32-25(31)19-12-5-4-6-13-19/h4-15H,1-3H3,(H,26,29)(H,28,30). The Labute approximate surface area is 186 Å². The molecule has 32 heavy (non-hydrogen) atoms. The number of para-hydroxylation sites is 2. The van der Waals surface area contributed by atoms with E-state index in [0.29, 0.717) is 22.5 Å². The molecule has 0 aliphatic heterocycles. The van der Waals surface area contributed by atoms with E-state index in [1.54, 1.807) is 61.5 Å². The Morgan fingerprint density at radius 1 is 0.781 bits per heavy atom. The number of hydrogen-bond donors (Lipinski definition) is 2. The van der Waals surface area contributed by atoms with E-state index in [2.05, 4.69) is 15.8 Å². The van der Waals surface area contributed by atoms with E-state index in [1.165, 1.54) is 0 Å². The smallest absolute Gasteiger partial charge is 0.343 e. The topological polar surface area (TPSA) is 96.9 Å². The van der Waals surface area contributed by atoms with Crippen LogP contribution in [0, 0.1) is 13.8 Å². The number of aryl methyl sites for hydroxylation is 2. The summed E-state index contributed by atoms with van der Waals surface area (Å²) in [5, 5.41) is 6.62. The molecule has 2 N–H and O–H groups in total. The van der Waals surface area contributed by atoms with Gasteiger partial charge in [-0.2, -0.15) is 5.10 Å². The van der Waals surface area contributed by atoms with Crippen LogP contribution in [0.4, 0.5) is 5.69 Å². The molecule has 7 heteroatoms. The molecule has 0 spiro atoms. The number of nitrogens with one attached hydrogen (secondary N) is 2. The molecule has 0 unspecified atom stereocenters. The number of anilines is 1. The summed E-state index contributed by atoms with van der Waals surface area (Å²) in [6.07, 6.45) is 0. The van der Waals surface area contributed by atoms with Crippen LogP contribution in [-0.2, 0) is 9.59 Å². The number of carbonyl (C=O) groups excluding carboxylic acids is 3. The van der Waals surface area contributed by atoms with Gasteiger partial charge >= 0.3 is 17.8 Å². The van der Waals surface area contributed by atoms with Crippen molar-refractivity contribution in [3.63, 3.8) is 0 Å². The van der Waals surface area contributed by atoms with Crippen molar-refractivity contribution in [2.45, 2.75) is 20.8 Å². The van der Waals surface area contributed by atoms with Crippen molar-refractivity contribution in [2.24, 2.45) is 5.10 Å². The quantitative estimate of drug-likeness (QED) is 0.211. The normalized spacial score (nSPS) is 10.9. The van der Waals surface area contributed by atoms with Crippen molar-refractivity contribution in [1.29, 1.82) is 0 Å². The number of rotatable bonds is 5. The van der Waals surface area contributed by atoms with E-state index >= 15 is 0 Å². The number of carbonyl (C=O) groups is 3. The molecule has 0 bridgehead atoms. The minimum atomic E-state index is -0.911. The molecule has 162 valence electrons. The fourth-order valence-electron chi connectivity index (χ4n) is 3.02. The average molecular weight is 429 g/mol. The van der Waals surface area contributed by atoms with E-state index in [1.807, 2.05) is 32.0 Å². The van der Waals surface area contributed by atoms with Gasteiger partial charge < -0.3 is 10.1 Å². The van der Waals surface area contributed by atoms with E-state index in [0.717, 1.165) is 11.1 Å². The zero-order valence-electron chi connectivity index (χ0n) is 18.0. The third-order valence-electron chi connectivity index (χ3n) is 4.74. The molecule has 0 saturated heterocycles. The fourth-order valence-corrected chi connectivity index (χ4v) is 3.02. The Bertz CT molecular complexity index is 1170. The van der Waals surface area contributed by atoms with Crippen LogP contribution < -0.4 is 15.5 Å². The van der Waals surface area contributed by atoms with Crippen molar-refractivity contribution in [3.8, 4) is 5.75 Å². The molecule has 0 heterocycles.